The zero-order valence-electron chi connectivity index (χ0n) is 16.1. The lowest BCUT2D eigenvalue weighted by molar-refractivity contribution is -0.124. The van der Waals surface area contributed by atoms with Crippen LogP contribution in [0.3, 0.4) is 0 Å². The van der Waals surface area contributed by atoms with E-state index in [-0.39, 0.29) is 22.0 Å². The highest BCUT2D eigenvalue weighted by Gasteiger charge is 2.28. The number of amides is 1. The van der Waals surface area contributed by atoms with Crippen LogP contribution in [0.2, 0.25) is 10.0 Å². The van der Waals surface area contributed by atoms with Crippen LogP contribution in [-0.2, 0) is 19.6 Å². The molecule has 2 aromatic carbocycles. The van der Waals surface area contributed by atoms with Crippen molar-refractivity contribution >= 4 is 50.8 Å². The number of carbonyl (C=O) groups is 2. The number of hydrogen-bond acceptors (Lipinski definition) is 5. The second-order valence-electron chi connectivity index (χ2n) is 5.98. The third-order valence-electron chi connectivity index (χ3n) is 3.85. The molecule has 0 heterocycles. The number of likely N-dealkylation sites (N-methyl/N-ethyl adjacent to an activating group) is 1. The van der Waals surface area contributed by atoms with Gasteiger partial charge in [0.15, 0.2) is 6.61 Å². The molecule has 0 atom stereocenters. The number of hydrogen-bond donors (Lipinski definition) is 1. The molecule has 2 aromatic rings. The lowest BCUT2D eigenvalue weighted by Gasteiger charge is -2.24. The van der Waals surface area contributed by atoms with E-state index in [1.807, 2.05) is 0 Å². The third kappa shape index (κ3) is 5.75. The van der Waals surface area contributed by atoms with Gasteiger partial charge in [0.1, 0.15) is 4.90 Å². The van der Waals surface area contributed by atoms with Crippen molar-refractivity contribution in [1.29, 1.82) is 0 Å². The molecular weight excluding hydrogens is 451 g/mol. The van der Waals surface area contributed by atoms with Crippen LogP contribution in [-0.4, -0.2) is 40.0 Å². The number of halogens is 2. The summed E-state index contributed by atoms with van der Waals surface area (Å²) in [6.07, 6.45) is 1.42. The zero-order chi connectivity index (χ0) is 22.3. The first-order chi connectivity index (χ1) is 14.2. The predicted molar refractivity (Wildman–Crippen MR) is 117 cm³/mol. The number of sulfonamides is 1. The van der Waals surface area contributed by atoms with E-state index in [0.717, 1.165) is 10.4 Å². The normalized spacial score (nSPS) is 10.9. The molecule has 7 nitrogen and oxygen atoms in total. The van der Waals surface area contributed by atoms with E-state index in [0.29, 0.717) is 17.3 Å². The standard InChI is InChI=1S/C20H20Cl2N2O5S/c1-3-11-24(16-8-6-15(21)7-9-16)30(27,28)18-12-14(5-10-17(18)22)20(26)29-13-19(25)23-4-2/h3,5-10,12H,1,4,11,13H2,2H3,(H,23,25). The summed E-state index contributed by atoms with van der Waals surface area (Å²) in [5.41, 5.74) is 0.288. The van der Waals surface area contributed by atoms with Gasteiger partial charge in [0, 0.05) is 11.6 Å². The van der Waals surface area contributed by atoms with Gasteiger partial charge in [-0.2, -0.15) is 0 Å². The van der Waals surface area contributed by atoms with Gasteiger partial charge in [-0.3, -0.25) is 9.10 Å². The van der Waals surface area contributed by atoms with Crippen LogP contribution >= 0.6 is 23.2 Å². The Labute approximate surface area is 185 Å². The minimum Gasteiger partial charge on any atom is -0.452 e. The minimum absolute atomic E-state index is 0.0356. The number of ether oxygens (including phenoxy) is 1. The van der Waals surface area contributed by atoms with E-state index in [4.69, 9.17) is 27.9 Å². The fraction of sp³-hybridized carbons (Fsp3) is 0.200. The molecular formula is C20H20Cl2N2O5S. The lowest BCUT2D eigenvalue weighted by Crippen LogP contribution is -2.31. The molecule has 0 fully saturated rings. The molecule has 2 rings (SSSR count). The third-order valence-corrected chi connectivity index (χ3v) is 6.38. The number of nitrogens with zero attached hydrogens (tertiary/aromatic N) is 1. The largest absolute Gasteiger partial charge is 0.452 e. The topological polar surface area (TPSA) is 92.8 Å². The van der Waals surface area contributed by atoms with Crippen LogP contribution < -0.4 is 9.62 Å². The lowest BCUT2D eigenvalue weighted by atomic mass is 10.2. The van der Waals surface area contributed by atoms with Gasteiger partial charge in [-0.05, 0) is 49.4 Å². The molecule has 0 aromatic heterocycles. The second kappa shape index (κ2) is 10.5. The van der Waals surface area contributed by atoms with E-state index in [1.54, 1.807) is 31.2 Å². The van der Waals surface area contributed by atoms with Gasteiger partial charge in [0.25, 0.3) is 15.9 Å². The summed E-state index contributed by atoms with van der Waals surface area (Å²) in [4.78, 5) is 23.4. The van der Waals surface area contributed by atoms with Crippen molar-refractivity contribution in [1.82, 2.24) is 5.32 Å². The minimum atomic E-state index is -4.16. The molecule has 1 N–H and O–H groups in total. The van der Waals surface area contributed by atoms with Crippen LogP contribution in [0, 0.1) is 0 Å². The Hall–Kier alpha value is -2.55. The first kappa shape index (κ1) is 23.7. The molecule has 160 valence electrons. The highest BCUT2D eigenvalue weighted by molar-refractivity contribution is 7.93. The zero-order valence-corrected chi connectivity index (χ0v) is 18.4. The molecule has 0 radical (unpaired) electrons. The van der Waals surface area contributed by atoms with E-state index in [2.05, 4.69) is 11.9 Å². The summed E-state index contributed by atoms with van der Waals surface area (Å²) in [6.45, 7) is 5.20. The fourth-order valence-electron chi connectivity index (χ4n) is 2.48. The van der Waals surface area contributed by atoms with Crippen LogP contribution in [0.15, 0.2) is 60.0 Å². The maximum Gasteiger partial charge on any atom is 0.338 e. The quantitative estimate of drug-likeness (QED) is 0.445. The van der Waals surface area contributed by atoms with Gasteiger partial charge >= 0.3 is 5.97 Å². The van der Waals surface area contributed by atoms with Crippen molar-refractivity contribution in [3.8, 4) is 0 Å². The monoisotopic (exact) mass is 470 g/mol. The van der Waals surface area contributed by atoms with Crippen molar-refractivity contribution in [2.24, 2.45) is 0 Å². The van der Waals surface area contributed by atoms with Crippen LogP contribution in [0.5, 0.6) is 0 Å². The molecule has 0 saturated carbocycles. The van der Waals surface area contributed by atoms with Crippen molar-refractivity contribution in [3.63, 3.8) is 0 Å². The van der Waals surface area contributed by atoms with Crippen molar-refractivity contribution < 1.29 is 22.7 Å². The summed E-state index contributed by atoms with van der Waals surface area (Å²) >= 11 is 12.0. The Kier molecular flexibility index (Phi) is 8.28. The first-order valence-electron chi connectivity index (χ1n) is 8.83. The van der Waals surface area contributed by atoms with Crippen LogP contribution in [0.4, 0.5) is 5.69 Å². The van der Waals surface area contributed by atoms with Crippen molar-refractivity contribution in [2.75, 3.05) is 24.0 Å². The number of anilines is 1. The Balaban J connectivity index is 2.39. The Morgan fingerprint density at radius 2 is 1.83 bits per heavy atom. The molecule has 0 aliphatic rings. The number of rotatable bonds is 9. The van der Waals surface area contributed by atoms with Gasteiger partial charge < -0.3 is 10.1 Å². The maximum absolute atomic E-state index is 13.3. The van der Waals surface area contributed by atoms with E-state index < -0.39 is 28.5 Å². The number of carbonyl (C=O) groups excluding carboxylic acids is 2. The van der Waals surface area contributed by atoms with Gasteiger partial charge in [-0.25, -0.2) is 13.2 Å². The first-order valence-corrected chi connectivity index (χ1v) is 11.0. The Bertz CT molecular complexity index is 1040. The number of esters is 1. The van der Waals surface area contributed by atoms with Crippen LogP contribution in [0.25, 0.3) is 0 Å². The highest BCUT2D eigenvalue weighted by Crippen LogP contribution is 2.30. The van der Waals surface area contributed by atoms with E-state index in [9.17, 15) is 18.0 Å². The van der Waals surface area contributed by atoms with E-state index >= 15 is 0 Å². The van der Waals surface area contributed by atoms with Gasteiger partial charge in [0.2, 0.25) is 0 Å². The van der Waals surface area contributed by atoms with Crippen molar-refractivity contribution in [2.45, 2.75) is 11.8 Å². The molecule has 0 saturated heterocycles. The fourth-order valence-corrected chi connectivity index (χ4v) is 4.54. The van der Waals surface area contributed by atoms with Gasteiger partial charge in [0.05, 0.1) is 22.8 Å². The summed E-state index contributed by atoms with van der Waals surface area (Å²) < 4.78 is 32.6. The Morgan fingerprint density at radius 3 is 2.43 bits per heavy atom. The highest BCUT2D eigenvalue weighted by atomic mass is 35.5. The number of benzene rings is 2. The maximum atomic E-state index is 13.3. The van der Waals surface area contributed by atoms with E-state index in [1.165, 1.54) is 18.2 Å². The average Bonchev–Trinajstić information content (AvgIpc) is 2.71. The summed E-state index contributed by atoms with van der Waals surface area (Å²) in [7, 11) is -4.16. The molecule has 0 aliphatic carbocycles. The second-order valence-corrected chi connectivity index (χ2v) is 8.65. The SMILES string of the molecule is C=CCN(c1ccc(Cl)cc1)S(=O)(=O)c1cc(C(=O)OCC(=O)NCC)ccc1Cl. The molecule has 0 aliphatic heterocycles. The Morgan fingerprint density at radius 1 is 1.17 bits per heavy atom. The molecule has 10 heteroatoms. The average molecular weight is 471 g/mol. The molecule has 1 amide bonds. The van der Waals surface area contributed by atoms with Gasteiger partial charge in [-0.1, -0.05) is 29.3 Å². The molecule has 0 bridgehead atoms. The predicted octanol–water partition coefficient (Wildman–Crippen LogP) is 3.67. The molecule has 30 heavy (non-hydrogen) atoms. The van der Waals surface area contributed by atoms with Crippen LogP contribution in [0.1, 0.15) is 17.3 Å². The summed E-state index contributed by atoms with van der Waals surface area (Å²) in [6, 6.07) is 9.92. The van der Waals surface area contributed by atoms with Gasteiger partial charge in [-0.15, -0.1) is 6.58 Å². The smallest absolute Gasteiger partial charge is 0.338 e. The summed E-state index contributed by atoms with van der Waals surface area (Å²) in [5, 5.41) is 2.87. The number of nitrogens with one attached hydrogen (secondary N) is 1. The van der Waals surface area contributed by atoms with Crippen molar-refractivity contribution in [3.05, 3.63) is 70.7 Å². The summed E-state index contributed by atoms with van der Waals surface area (Å²) in [5.74, 6) is -1.32. The molecule has 0 spiro atoms. The molecule has 0 unspecified atom stereocenters.